The van der Waals surface area contributed by atoms with Crippen molar-refractivity contribution in [1.82, 2.24) is 10.6 Å². The van der Waals surface area contributed by atoms with E-state index in [0.29, 0.717) is 23.4 Å². The van der Waals surface area contributed by atoms with Gasteiger partial charge in [-0.25, -0.2) is 4.79 Å². The molecule has 0 fully saturated rings. The van der Waals surface area contributed by atoms with Crippen LogP contribution in [0.2, 0.25) is 5.02 Å². The maximum atomic E-state index is 11.8. The van der Waals surface area contributed by atoms with Crippen molar-refractivity contribution in [3.05, 3.63) is 34.9 Å². The molecular formula is C14H17ClN2O4. The van der Waals surface area contributed by atoms with Crippen LogP contribution in [0.5, 0.6) is 0 Å². The number of halogens is 1. The summed E-state index contributed by atoms with van der Waals surface area (Å²) in [6.07, 6.45) is 0.968. The zero-order valence-corrected chi connectivity index (χ0v) is 12.3. The van der Waals surface area contributed by atoms with Gasteiger partial charge in [0.1, 0.15) is 6.04 Å². The molecule has 3 N–H and O–H groups in total. The van der Waals surface area contributed by atoms with Gasteiger partial charge in [-0.3, -0.25) is 9.59 Å². The normalized spacial score (nSPS) is 11.5. The summed E-state index contributed by atoms with van der Waals surface area (Å²) in [7, 11) is 0. The van der Waals surface area contributed by atoms with Crippen molar-refractivity contribution in [2.24, 2.45) is 0 Å². The van der Waals surface area contributed by atoms with E-state index < -0.39 is 23.8 Å². The van der Waals surface area contributed by atoms with Gasteiger partial charge in [-0.15, -0.1) is 0 Å². The Morgan fingerprint density at radius 1 is 1.33 bits per heavy atom. The third kappa shape index (κ3) is 5.83. The molecule has 0 aliphatic carbocycles. The Morgan fingerprint density at radius 2 is 2.05 bits per heavy atom. The number of hydrogen-bond donors (Lipinski definition) is 3. The largest absolute Gasteiger partial charge is 0.480 e. The smallest absolute Gasteiger partial charge is 0.326 e. The molecule has 0 saturated heterocycles. The van der Waals surface area contributed by atoms with Crippen molar-refractivity contribution in [3.8, 4) is 0 Å². The van der Waals surface area contributed by atoms with Crippen LogP contribution in [0.15, 0.2) is 24.3 Å². The predicted molar refractivity (Wildman–Crippen MR) is 78.3 cm³/mol. The molecule has 7 heteroatoms. The summed E-state index contributed by atoms with van der Waals surface area (Å²) in [5, 5.41) is 14.1. The highest BCUT2D eigenvalue weighted by Gasteiger charge is 2.19. The molecule has 0 aliphatic rings. The van der Waals surface area contributed by atoms with Crippen molar-refractivity contribution in [2.45, 2.75) is 25.8 Å². The fraction of sp³-hybridized carbons (Fsp3) is 0.357. The van der Waals surface area contributed by atoms with Crippen molar-refractivity contribution in [1.29, 1.82) is 0 Å². The number of carboxylic acids is 1. The number of carboxylic acid groups (broad SMARTS) is 1. The minimum Gasteiger partial charge on any atom is -0.480 e. The van der Waals surface area contributed by atoms with Gasteiger partial charge in [0, 0.05) is 10.6 Å². The standard InChI is InChI=1S/C14H17ClN2O4/c1-2-4-11(14(20)21)17-12(18)8-16-13(19)9-5-3-6-10(15)7-9/h3,5-7,11H,2,4,8H2,1H3,(H,16,19)(H,17,18)(H,20,21)/t11-/m1/s1. The molecule has 0 heterocycles. The zero-order valence-electron chi connectivity index (χ0n) is 11.6. The average molecular weight is 313 g/mol. The second kappa shape index (κ2) is 8.26. The summed E-state index contributed by atoms with van der Waals surface area (Å²) in [6, 6.07) is 5.36. The summed E-state index contributed by atoms with van der Waals surface area (Å²) in [5.74, 6) is -2.09. The van der Waals surface area contributed by atoms with E-state index in [0.717, 1.165) is 0 Å². The molecule has 1 atom stereocenters. The van der Waals surface area contributed by atoms with Gasteiger partial charge in [-0.05, 0) is 24.6 Å². The molecule has 1 rings (SSSR count). The monoisotopic (exact) mass is 312 g/mol. The van der Waals surface area contributed by atoms with E-state index in [-0.39, 0.29) is 6.54 Å². The molecule has 1 aromatic rings. The van der Waals surface area contributed by atoms with Crippen molar-refractivity contribution >= 4 is 29.4 Å². The lowest BCUT2D eigenvalue weighted by atomic mass is 10.1. The van der Waals surface area contributed by atoms with E-state index in [4.69, 9.17) is 16.7 Å². The molecule has 21 heavy (non-hydrogen) atoms. The second-order valence-corrected chi connectivity index (χ2v) is 4.88. The van der Waals surface area contributed by atoms with Crippen LogP contribution in [-0.4, -0.2) is 35.5 Å². The quantitative estimate of drug-likeness (QED) is 0.710. The van der Waals surface area contributed by atoms with E-state index in [1.165, 1.54) is 6.07 Å². The first-order valence-corrected chi connectivity index (χ1v) is 6.87. The molecule has 0 spiro atoms. The van der Waals surface area contributed by atoms with E-state index in [2.05, 4.69) is 10.6 Å². The summed E-state index contributed by atoms with van der Waals surface area (Å²) < 4.78 is 0. The molecule has 0 bridgehead atoms. The average Bonchev–Trinajstić information content (AvgIpc) is 2.44. The minimum absolute atomic E-state index is 0.293. The number of rotatable bonds is 7. The summed E-state index contributed by atoms with van der Waals surface area (Å²) in [6.45, 7) is 1.53. The SMILES string of the molecule is CCC[C@@H](NC(=O)CNC(=O)c1cccc(Cl)c1)C(=O)O. The van der Waals surface area contributed by atoms with Gasteiger partial charge in [0.05, 0.1) is 6.54 Å². The van der Waals surface area contributed by atoms with Crippen LogP contribution in [0.4, 0.5) is 0 Å². The van der Waals surface area contributed by atoms with Crippen LogP contribution >= 0.6 is 11.6 Å². The van der Waals surface area contributed by atoms with Gasteiger partial charge >= 0.3 is 5.97 Å². The number of carbonyl (C=O) groups is 3. The lowest BCUT2D eigenvalue weighted by Gasteiger charge is -2.13. The topological polar surface area (TPSA) is 95.5 Å². The Morgan fingerprint density at radius 3 is 2.62 bits per heavy atom. The fourth-order valence-corrected chi connectivity index (χ4v) is 1.87. The van der Waals surface area contributed by atoms with Crippen LogP contribution in [0.25, 0.3) is 0 Å². The van der Waals surface area contributed by atoms with Gasteiger partial charge < -0.3 is 15.7 Å². The van der Waals surface area contributed by atoms with Crippen LogP contribution in [-0.2, 0) is 9.59 Å². The maximum absolute atomic E-state index is 11.8. The first-order valence-electron chi connectivity index (χ1n) is 6.50. The molecule has 2 amide bonds. The van der Waals surface area contributed by atoms with Crippen LogP contribution in [0.3, 0.4) is 0 Å². The summed E-state index contributed by atoms with van der Waals surface area (Å²) in [5.41, 5.74) is 0.332. The van der Waals surface area contributed by atoms with E-state index >= 15 is 0 Å². The van der Waals surface area contributed by atoms with Gasteiger partial charge in [0.25, 0.3) is 5.91 Å². The van der Waals surface area contributed by atoms with Gasteiger partial charge in [-0.1, -0.05) is 31.0 Å². The molecule has 114 valence electrons. The Hall–Kier alpha value is -2.08. The van der Waals surface area contributed by atoms with E-state index in [9.17, 15) is 14.4 Å². The Balaban J connectivity index is 2.49. The number of aliphatic carboxylic acids is 1. The predicted octanol–water partition coefficient (Wildman–Crippen LogP) is 1.44. The molecular weight excluding hydrogens is 296 g/mol. The minimum atomic E-state index is -1.09. The Labute approximate surface area is 127 Å². The molecule has 0 radical (unpaired) electrons. The second-order valence-electron chi connectivity index (χ2n) is 4.44. The third-order valence-corrected chi connectivity index (χ3v) is 2.94. The molecule has 0 aromatic heterocycles. The fourth-order valence-electron chi connectivity index (χ4n) is 1.68. The van der Waals surface area contributed by atoms with Gasteiger partial charge in [-0.2, -0.15) is 0 Å². The molecule has 0 unspecified atom stereocenters. The lowest BCUT2D eigenvalue weighted by molar-refractivity contribution is -0.141. The van der Waals surface area contributed by atoms with Crippen molar-refractivity contribution in [2.75, 3.05) is 6.54 Å². The number of hydrogen-bond acceptors (Lipinski definition) is 3. The molecule has 1 aromatic carbocycles. The molecule has 0 aliphatic heterocycles. The van der Waals surface area contributed by atoms with Gasteiger partial charge in [0.15, 0.2) is 0 Å². The zero-order chi connectivity index (χ0) is 15.8. The lowest BCUT2D eigenvalue weighted by Crippen LogP contribution is -2.45. The first kappa shape index (κ1) is 17.0. The van der Waals surface area contributed by atoms with Crippen LogP contribution in [0.1, 0.15) is 30.1 Å². The first-order chi connectivity index (χ1) is 9.93. The van der Waals surface area contributed by atoms with Crippen molar-refractivity contribution < 1.29 is 19.5 Å². The highest BCUT2D eigenvalue weighted by molar-refractivity contribution is 6.30. The Kier molecular flexibility index (Phi) is 6.68. The molecule has 0 saturated carbocycles. The number of benzene rings is 1. The number of amides is 2. The maximum Gasteiger partial charge on any atom is 0.326 e. The van der Waals surface area contributed by atoms with Crippen LogP contribution in [0, 0.1) is 0 Å². The molecule has 6 nitrogen and oxygen atoms in total. The number of nitrogens with one attached hydrogen (secondary N) is 2. The summed E-state index contributed by atoms with van der Waals surface area (Å²) >= 11 is 5.77. The van der Waals surface area contributed by atoms with Crippen LogP contribution < -0.4 is 10.6 Å². The van der Waals surface area contributed by atoms with E-state index in [1.807, 2.05) is 6.92 Å². The van der Waals surface area contributed by atoms with Crippen molar-refractivity contribution in [3.63, 3.8) is 0 Å². The Bertz CT molecular complexity index is 533. The third-order valence-electron chi connectivity index (χ3n) is 2.71. The van der Waals surface area contributed by atoms with Gasteiger partial charge in [0.2, 0.25) is 5.91 Å². The van der Waals surface area contributed by atoms with E-state index in [1.54, 1.807) is 18.2 Å². The summed E-state index contributed by atoms with van der Waals surface area (Å²) in [4.78, 5) is 34.3. The number of carbonyl (C=O) groups excluding carboxylic acids is 2. The highest BCUT2D eigenvalue weighted by Crippen LogP contribution is 2.10. The highest BCUT2D eigenvalue weighted by atomic mass is 35.5.